The van der Waals surface area contributed by atoms with E-state index in [0.29, 0.717) is 12.8 Å². The lowest BCUT2D eigenvalue weighted by Crippen LogP contribution is -2.06. The molecule has 80 valence electrons. The van der Waals surface area contributed by atoms with Crippen LogP contribution in [0.1, 0.15) is 51.9 Å². The lowest BCUT2D eigenvalue weighted by atomic mass is 10.1. The van der Waals surface area contributed by atoms with Crippen molar-refractivity contribution in [2.75, 3.05) is 0 Å². The monoisotopic (exact) mass is 196 g/mol. The molecular weight excluding hydrogens is 176 g/mol. The van der Waals surface area contributed by atoms with Gasteiger partial charge in [0.2, 0.25) is 0 Å². The van der Waals surface area contributed by atoms with E-state index in [1.807, 2.05) is 6.08 Å². The average Bonchev–Trinajstić information content (AvgIpc) is 2.17. The number of Topliss-reactive ketones (excluding diaryl/α,β-unsaturated/α-hetero) is 2. The number of unbranched alkanes of at least 4 members (excludes halogenated alkanes) is 3. The standard InChI is InChI=1S/C12H20O2/c1-3-5-6-7-8-9-12(14)10-11(13)4-2/h3H,1,4-10H2,2H3. The summed E-state index contributed by atoms with van der Waals surface area (Å²) in [6.45, 7) is 5.42. The quantitative estimate of drug-likeness (QED) is 0.322. The van der Waals surface area contributed by atoms with Gasteiger partial charge in [-0.3, -0.25) is 9.59 Å². The van der Waals surface area contributed by atoms with Crippen LogP contribution in [0, 0.1) is 0 Å². The summed E-state index contributed by atoms with van der Waals surface area (Å²) in [6.07, 6.45) is 7.13. The van der Waals surface area contributed by atoms with Crippen LogP contribution in [0.15, 0.2) is 12.7 Å². The van der Waals surface area contributed by atoms with Crippen molar-refractivity contribution in [3.05, 3.63) is 12.7 Å². The first-order chi connectivity index (χ1) is 6.70. The molecule has 0 amide bonds. The van der Waals surface area contributed by atoms with Gasteiger partial charge in [0.15, 0.2) is 0 Å². The van der Waals surface area contributed by atoms with Crippen molar-refractivity contribution in [1.29, 1.82) is 0 Å². The topological polar surface area (TPSA) is 34.1 Å². The molecule has 0 unspecified atom stereocenters. The molecule has 0 aliphatic carbocycles. The molecule has 0 bridgehead atoms. The van der Waals surface area contributed by atoms with Gasteiger partial charge >= 0.3 is 0 Å². The van der Waals surface area contributed by atoms with Gasteiger partial charge in [0, 0.05) is 12.8 Å². The van der Waals surface area contributed by atoms with E-state index in [9.17, 15) is 9.59 Å². The van der Waals surface area contributed by atoms with Gasteiger partial charge in [0.25, 0.3) is 0 Å². The predicted octanol–water partition coefficient (Wildman–Crippen LogP) is 3.06. The third-order valence-electron chi connectivity index (χ3n) is 2.15. The Morgan fingerprint density at radius 1 is 1.14 bits per heavy atom. The van der Waals surface area contributed by atoms with E-state index in [0.717, 1.165) is 25.7 Å². The number of rotatable bonds is 9. The molecule has 0 radical (unpaired) electrons. The number of hydrogen-bond acceptors (Lipinski definition) is 2. The zero-order chi connectivity index (χ0) is 10.8. The van der Waals surface area contributed by atoms with E-state index in [2.05, 4.69) is 6.58 Å². The van der Waals surface area contributed by atoms with E-state index in [4.69, 9.17) is 0 Å². The smallest absolute Gasteiger partial charge is 0.140 e. The highest BCUT2D eigenvalue weighted by Crippen LogP contribution is 2.05. The summed E-state index contributed by atoms with van der Waals surface area (Å²) < 4.78 is 0. The van der Waals surface area contributed by atoms with Crippen LogP contribution in [0.4, 0.5) is 0 Å². The fourth-order valence-electron chi connectivity index (χ4n) is 1.22. The second-order valence-electron chi connectivity index (χ2n) is 3.50. The van der Waals surface area contributed by atoms with Gasteiger partial charge in [-0.05, 0) is 19.3 Å². The van der Waals surface area contributed by atoms with Crippen LogP contribution in [0.5, 0.6) is 0 Å². The maximum Gasteiger partial charge on any atom is 0.140 e. The molecule has 0 heterocycles. The Morgan fingerprint density at radius 2 is 1.86 bits per heavy atom. The van der Waals surface area contributed by atoms with Crippen LogP contribution >= 0.6 is 0 Å². The maximum absolute atomic E-state index is 11.2. The summed E-state index contributed by atoms with van der Waals surface area (Å²) in [6, 6.07) is 0. The van der Waals surface area contributed by atoms with Gasteiger partial charge < -0.3 is 0 Å². The molecule has 0 aromatic carbocycles. The van der Waals surface area contributed by atoms with Crippen molar-refractivity contribution < 1.29 is 9.59 Å². The molecule has 0 aromatic rings. The second-order valence-corrected chi connectivity index (χ2v) is 3.50. The normalized spacial score (nSPS) is 9.79. The number of hydrogen-bond donors (Lipinski definition) is 0. The Bertz CT molecular complexity index is 194. The SMILES string of the molecule is C=CCCCCCC(=O)CC(=O)CC. The Labute approximate surface area is 86.4 Å². The highest BCUT2D eigenvalue weighted by molar-refractivity contribution is 5.98. The van der Waals surface area contributed by atoms with E-state index < -0.39 is 0 Å². The van der Waals surface area contributed by atoms with Crippen molar-refractivity contribution in [2.24, 2.45) is 0 Å². The zero-order valence-electron chi connectivity index (χ0n) is 9.05. The van der Waals surface area contributed by atoms with Crippen molar-refractivity contribution in [2.45, 2.75) is 51.9 Å². The van der Waals surface area contributed by atoms with Crippen LogP contribution < -0.4 is 0 Å². The minimum atomic E-state index is 0.0566. The summed E-state index contributed by atoms with van der Waals surface area (Å²) in [5.74, 6) is 0.150. The van der Waals surface area contributed by atoms with Crippen molar-refractivity contribution in [1.82, 2.24) is 0 Å². The first-order valence-corrected chi connectivity index (χ1v) is 5.35. The van der Waals surface area contributed by atoms with Gasteiger partial charge in [0.05, 0.1) is 6.42 Å². The number of allylic oxidation sites excluding steroid dienone is 1. The van der Waals surface area contributed by atoms with Crippen molar-refractivity contribution in [3.8, 4) is 0 Å². The van der Waals surface area contributed by atoms with Crippen LogP contribution in [0.25, 0.3) is 0 Å². The third-order valence-corrected chi connectivity index (χ3v) is 2.15. The number of carbonyl (C=O) groups is 2. The average molecular weight is 196 g/mol. The summed E-state index contributed by atoms with van der Waals surface area (Å²) in [5.41, 5.74) is 0. The molecule has 0 spiro atoms. The van der Waals surface area contributed by atoms with E-state index >= 15 is 0 Å². The second kappa shape index (κ2) is 8.67. The highest BCUT2D eigenvalue weighted by atomic mass is 16.1. The van der Waals surface area contributed by atoms with Crippen molar-refractivity contribution in [3.63, 3.8) is 0 Å². The molecule has 2 heteroatoms. The number of carbonyl (C=O) groups excluding carboxylic acids is 2. The van der Waals surface area contributed by atoms with E-state index in [1.165, 1.54) is 0 Å². The molecule has 0 aliphatic rings. The van der Waals surface area contributed by atoms with Crippen LogP contribution in [-0.4, -0.2) is 11.6 Å². The molecule has 0 fully saturated rings. The van der Waals surface area contributed by atoms with Crippen LogP contribution in [0.3, 0.4) is 0 Å². The summed E-state index contributed by atoms with van der Waals surface area (Å²) in [4.78, 5) is 22.1. The molecule has 14 heavy (non-hydrogen) atoms. The Kier molecular flexibility index (Phi) is 8.10. The van der Waals surface area contributed by atoms with E-state index in [1.54, 1.807) is 6.92 Å². The fraction of sp³-hybridized carbons (Fsp3) is 0.667. The van der Waals surface area contributed by atoms with Gasteiger partial charge in [0.1, 0.15) is 11.6 Å². The Balaban J connectivity index is 3.35. The van der Waals surface area contributed by atoms with Crippen molar-refractivity contribution >= 4 is 11.6 Å². The molecule has 0 saturated carbocycles. The minimum absolute atomic E-state index is 0.0566. The highest BCUT2D eigenvalue weighted by Gasteiger charge is 2.06. The maximum atomic E-state index is 11.2. The fourth-order valence-corrected chi connectivity index (χ4v) is 1.22. The lowest BCUT2D eigenvalue weighted by Gasteiger charge is -1.99. The van der Waals surface area contributed by atoms with Crippen LogP contribution in [0.2, 0.25) is 0 Å². The first-order valence-electron chi connectivity index (χ1n) is 5.35. The van der Waals surface area contributed by atoms with Gasteiger partial charge in [-0.15, -0.1) is 6.58 Å². The summed E-state index contributed by atoms with van der Waals surface area (Å²) in [7, 11) is 0. The van der Waals surface area contributed by atoms with E-state index in [-0.39, 0.29) is 18.0 Å². The molecule has 0 N–H and O–H groups in total. The van der Waals surface area contributed by atoms with Gasteiger partial charge in [-0.2, -0.15) is 0 Å². The number of ketones is 2. The zero-order valence-corrected chi connectivity index (χ0v) is 9.05. The van der Waals surface area contributed by atoms with Crippen LogP contribution in [-0.2, 0) is 9.59 Å². The summed E-state index contributed by atoms with van der Waals surface area (Å²) >= 11 is 0. The molecule has 0 aliphatic heterocycles. The lowest BCUT2D eigenvalue weighted by molar-refractivity contribution is -0.126. The molecule has 0 saturated heterocycles. The molecule has 0 aromatic heterocycles. The molecule has 0 atom stereocenters. The minimum Gasteiger partial charge on any atom is -0.299 e. The molecule has 0 rings (SSSR count). The molecule has 2 nitrogen and oxygen atoms in total. The first kappa shape index (κ1) is 13.1. The Morgan fingerprint density at radius 3 is 2.43 bits per heavy atom. The Hall–Kier alpha value is -0.920. The third kappa shape index (κ3) is 7.71. The molecular formula is C12H20O2. The largest absolute Gasteiger partial charge is 0.299 e. The van der Waals surface area contributed by atoms with Gasteiger partial charge in [-0.25, -0.2) is 0 Å². The summed E-state index contributed by atoms with van der Waals surface area (Å²) in [5, 5.41) is 0. The predicted molar refractivity (Wildman–Crippen MR) is 58.2 cm³/mol. The van der Waals surface area contributed by atoms with Gasteiger partial charge in [-0.1, -0.05) is 19.4 Å².